The molecule has 2 aliphatic heterocycles. The number of ether oxygens (including phenoxy) is 1. The third-order valence-electron chi connectivity index (χ3n) is 15.2. The standard InChI is InChI=1S/C69H45N4O.Pt/c1-43(2)46-38-62-56-27-14-11-24-53(56)57-35-33-47(40-63(57)71-42-72(65(39-46)68(62)71)66-49(44-18-5-3-6-19-44)28-15-29-50(66)45-20-7-4-8-21-45)74-48-34-36-58-60-31-16-30-59-54-25-12-9-22-51(54)52-23-10-13-26-55(52)61-32-17-37-70-69(61)73(67(59)60)64(58)41-48;/h3-39,42-43H,1-2H3;/q-3;. The van der Waals surface area contributed by atoms with Crippen molar-refractivity contribution in [3.63, 3.8) is 0 Å². The Hall–Kier alpha value is -8.76. The molecule has 0 unspecified atom stereocenters. The summed E-state index contributed by atoms with van der Waals surface area (Å²) in [5.41, 5.74) is 17.5. The molecule has 3 aromatic heterocycles. The molecule has 2 aliphatic rings. The minimum absolute atomic E-state index is 0. The zero-order valence-corrected chi connectivity index (χ0v) is 43.3. The van der Waals surface area contributed by atoms with Crippen molar-refractivity contribution >= 4 is 82.5 Å². The summed E-state index contributed by atoms with van der Waals surface area (Å²) in [5, 5.41) is 9.03. The number of para-hydroxylation sites is 2. The number of aromatic nitrogens is 2. The summed E-state index contributed by atoms with van der Waals surface area (Å²) < 4.78 is 9.32. The van der Waals surface area contributed by atoms with Crippen molar-refractivity contribution in [2.24, 2.45) is 0 Å². The van der Waals surface area contributed by atoms with E-state index in [1.165, 1.54) is 32.8 Å². The van der Waals surface area contributed by atoms with Crippen LogP contribution in [0.5, 0.6) is 11.5 Å². The average Bonchev–Trinajstić information content (AvgIpc) is 4.03. The Morgan fingerprint density at radius 1 is 0.440 bits per heavy atom. The minimum Gasteiger partial charge on any atom is -0.509 e. The quantitative estimate of drug-likeness (QED) is 0.155. The molecular formula is C69H45N4OPt-3. The molecule has 0 fully saturated rings. The largest absolute Gasteiger partial charge is 0.509 e. The van der Waals surface area contributed by atoms with Gasteiger partial charge in [-0.3, -0.25) is 0 Å². The molecule has 0 saturated carbocycles. The second-order valence-electron chi connectivity index (χ2n) is 19.7. The van der Waals surface area contributed by atoms with E-state index in [9.17, 15) is 0 Å². The Balaban J connectivity index is 0.00000516. The molecular weight excluding hydrogens is 1100 g/mol. The Morgan fingerprint density at radius 3 is 1.65 bits per heavy atom. The summed E-state index contributed by atoms with van der Waals surface area (Å²) >= 11 is 0. The van der Waals surface area contributed by atoms with Crippen molar-refractivity contribution in [2.75, 3.05) is 9.80 Å². The third-order valence-corrected chi connectivity index (χ3v) is 15.2. The second-order valence-corrected chi connectivity index (χ2v) is 19.7. The van der Waals surface area contributed by atoms with Gasteiger partial charge in [0.1, 0.15) is 5.65 Å². The smallest absolute Gasteiger partial charge is 0.143 e. The molecule has 0 spiro atoms. The van der Waals surface area contributed by atoms with Crippen LogP contribution in [0.3, 0.4) is 0 Å². The molecule has 0 amide bonds. The number of hydrogen-bond acceptors (Lipinski definition) is 4. The molecule has 0 saturated heterocycles. The molecule has 6 heteroatoms. The first-order chi connectivity index (χ1) is 36.6. The fourth-order valence-electron chi connectivity index (χ4n) is 11.9. The minimum atomic E-state index is 0. The van der Waals surface area contributed by atoms with Gasteiger partial charge in [-0.2, -0.15) is 12.1 Å². The first kappa shape index (κ1) is 44.9. The monoisotopic (exact) mass is 1140 g/mol. The second kappa shape index (κ2) is 17.7. The normalized spacial score (nSPS) is 12.6. The van der Waals surface area contributed by atoms with Gasteiger partial charge in [0.05, 0.1) is 0 Å². The zero-order valence-electron chi connectivity index (χ0n) is 41.0. The van der Waals surface area contributed by atoms with E-state index in [0.29, 0.717) is 11.5 Å². The molecule has 0 N–H and O–H groups in total. The van der Waals surface area contributed by atoms with Crippen LogP contribution in [-0.4, -0.2) is 9.38 Å². The Morgan fingerprint density at radius 2 is 0.973 bits per heavy atom. The van der Waals surface area contributed by atoms with E-state index in [1.807, 2.05) is 18.3 Å². The van der Waals surface area contributed by atoms with Crippen LogP contribution in [0.4, 0.5) is 22.7 Å². The van der Waals surface area contributed by atoms with Crippen molar-refractivity contribution < 1.29 is 25.8 Å². The van der Waals surface area contributed by atoms with Crippen LogP contribution in [0.1, 0.15) is 25.3 Å². The van der Waals surface area contributed by atoms with Crippen molar-refractivity contribution in [3.05, 3.63) is 249 Å². The Bertz CT molecular complexity index is 4430. The summed E-state index contributed by atoms with van der Waals surface area (Å²) in [4.78, 5) is 9.94. The van der Waals surface area contributed by atoms with Crippen LogP contribution in [0, 0.1) is 18.8 Å². The number of hydrogen-bond donors (Lipinski definition) is 0. The van der Waals surface area contributed by atoms with E-state index < -0.39 is 0 Å². The van der Waals surface area contributed by atoms with Crippen molar-refractivity contribution in [2.45, 2.75) is 19.8 Å². The molecule has 0 bridgehead atoms. The predicted molar refractivity (Wildman–Crippen MR) is 307 cm³/mol. The van der Waals surface area contributed by atoms with Crippen LogP contribution in [0.25, 0.3) is 104 Å². The maximum atomic E-state index is 7.02. The maximum absolute atomic E-state index is 7.02. The third kappa shape index (κ3) is 6.99. The van der Waals surface area contributed by atoms with Gasteiger partial charge in [0, 0.05) is 88.8 Å². The molecule has 0 atom stereocenters. The maximum Gasteiger partial charge on any atom is 0.143 e. The summed E-state index contributed by atoms with van der Waals surface area (Å²) in [7, 11) is 0. The molecule has 75 heavy (non-hydrogen) atoms. The number of anilines is 4. The predicted octanol–water partition coefficient (Wildman–Crippen LogP) is 18.6. The van der Waals surface area contributed by atoms with E-state index in [0.717, 1.165) is 99.7 Å². The van der Waals surface area contributed by atoms with Crippen LogP contribution in [-0.2, 0) is 21.1 Å². The van der Waals surface area contributed by atoms with Gasteiger partial charge >= 0.3 is 0 Å². The molecule has 10 aromatic carbocycles. The van der Waals surface area contributed by atoms with Gasteiger partial charge < -0.3 is 18.9 Å². The van der Waals surface area contributed by atoms with Crippen LogP contribution in [0.15, 0.2) is 225 Å². The SMILES string of the molecule is CC(C)c1cc2c3c(c1)N(c1c(-c4ccccc4)cccc1-c1ccccc1)[CH-]N3c1[c-]c(Oc3[c-]c4c(cc3)c3cccc5c6ccccc6c6ccccc6c6cccnc6n4c53)ccc1-c1ccccc1-2.[Pt]. The number of rotatable bonds is 6. The Labute approximate surface area is 449 Å². The van der Waals surface area contributed by atoms with E-state index in [4.69, 9.17) is 9.72 Å². The van der Waals surface area contributed by atoms with Gasteiger partial charge in [-0.1, -0.05) is 200 Å². The van der Waals surface area contributed by atoms with Crippen molar-refractivity contribution in [3.8, 4) is 56.0 Å². The van der Waals surface area contributed by atoms with Crippen molar-refractivity contribution in [1.29, 1.82) is 0 Å². The summed E-state index contributed by atoms with van der Waals surface area (Å²) in [6, 6.07) is 86.2. The van der Waals surface area contributed by atoms with Gasteiger partial charge in [-0.25, -0.2) is 4.98 Å². The van der Waals surface area contributed by atoms with Gasteiger partial charge in [0.25, 0.3) is 0 Å². The summed E-state index contributed by atoms with van der Waals surface area (Å²) in [6.07, 6.45) is 1.89. The fourth-order valence-corrected chi connectivity index (χ4v) is 11.9. The van der Waals surface area contributed by atoms with E-state index in [2.05, 4.69) is 253 Å². The molecule has 360 valence electrons. The topological polar surface area (TPSA) is 33.0 Å². The zero-order chi connectivity index (χ0) is 49.0. The van der Waals surface area contributed by atoms with Crippen LogP contribution < -0.4 is 14.5 Å². The van der Waals surface area contributed by atoms with Gasteiger partial charge in [-0.05, 0) is 79.4 Å². The van der Waals surface area contributed by atoms with E-state index in [-0.39, 0.29) is 27.0 Å². The van der Waals surface area contributed by atoms with Gasteiger partial charge in [-0.15, -0.1) is 41.9 Å². The first-order valence-corrected chi connectivity index (χ1v) is 25.4. The van der Waals surface area contributed by atoms with E-state index >= 15 is 0 Å². The average molecular weight is 1140 g/mol. The van der Waals surface area contributed by atoms with Crippen molar-refractivity contribution in [1.82, 2.24) is 9.38 Å². The molecule has 15 rings (SSSR count). The molecule has 0 radical (unpaired) electrons. The number of fused-ring (bicyclic) bond motifs is 15. The van der Waals surface area contributed by atoms with Crippen LogP contribution in [0.2, 0.25) is 0 Å². The molecule has 13 aromatic rings. The first-order valence-electron chi connectivity index (χ1n) is 25.4. The molecule has 5 nitrogen and oxygen atoms in total. The van der Waals surface area contributed by atoms with Crippen LogP contribution >= 0.6 is 0 Å². The fraction of sp³-hybridized carbons (Fsp3) is 0.0435. The number of benzene rings is 10. The Kier molecular flexibility index (Phi) is 10.6. The summed E-state index contributed by atoms with van der Waals surface area (Å²) in [6.45, 7) is 6.85. The summed E-state index contributed by atoms with van der Waals surface area (Å²) in [5.74, 6) is 1.46. The molecule has 0 aliphatic carbocycles. The van der Waals surface area contributed by atoms with Gasteiger partial charge in [0.2, 0.25) is 0 Å². The molecule has 5 heterocycles. The van der Waals surface area contributed by atoms with Gasteiger partial charge in [0.15, 0.2) is 0 Å². The number of pyridine rings is 1. The number of nitrogens with zero attached hydrogens (tertiary/aromatic N) is 4. The van der Waals surface area contributed by atoms with E-state index in [1.54, 1.807) is 0 Å².